The Kier molecular flexibility index (Phi) is 2.99. The van der Waals surface area contributed by atoms with Crippen molar-refractivity contribution in [3.05, 3.63) is 64.6 Å². The third-order valence-electron chi connectivity index (χ3n) is 3.39. The lowest BCUT2D eigenvalue weighted by molar-refractivity contribution is 0.952. The van der Waals surface area contributed by atoms with Crippen LogP contribution >= 0.6 is 0 Å². The third-order valence-corrected chi connectivity index (χ3v) is 3.39. The van der Waals surface area contributed by atoms with Gasteiger partial charge in [0, 0.05) is 12.4 Å². The topological polar surface area (TPSA) is 46.9 Å². The number of benzene rings is 2. The number of nitrogens with one attached hydrogen (secondary N) is 1. The lowest BCUT2D eigenvalue weighted by Crippen LogP contribution is -2.23. The van der Waals surface area contributed by atoms with Crippen molar-refractivity contribution in [1.29, 1.82) is 0 Å². The largest absolute Gasteiger partial charge is 0.372 e. The van der Waals surface area contributed by atoms with Gasteiger partial charge in [0.2, 0.25) is 0 Å². The van der Waals surface area contributed by atoms with Gasteiger partial charge in [-0.3, -0.25) is 4.57 Å². The maximum absolute atomic E-state index is 12.4. The molecule has 0 bridgehead atoms. The highest BCUT2D eigenvalue weighted by Crippen LogP contribution is 2.22. The van der Waals surface area contributed by atoms with Crippen molar-refractivity contribution in [2.45, 2.75) is 6.92 Å². The molecule has 4 heteroatoms. The van der Waals surface area contributed by atoms with Gasteiger partial charge >= 0.3 is 5.69 Å². The van der Waals surface area contributed by atoms with Crippen LogP contribution in [0, 0.1) is 6.92 Å². The number of aryl methyl sites for hydroxylation is 1. The Morgan fingerprint density at radius 2 is 1.75 bits per heavy atom. The SMILES string of the molecule is CNc1nc(=O)n(-c2ccccc2C)c2ccccc12. The molecule has 1 N–H and O–H groups in total. The molecule has 0 aliphatic carbocycles. The zero-order valence-electron chi connectivity index (χ0n) is 11.4. The second-order valence-electron chi connectivity index (χ2n) is 4.63. The summed E-state index contributed by atoms with van der Waals surface area (Å²) in [6, 6.07) is 15.6. The first-order valence-corrected chi connectivity index (χ1v) is 6.48. The molecule has 100 valence electrons. The van der Waals surface area contributed by atoms with Crippen molar-refractivity contribution >= 4 is 16.7 Å². The molecule has 0 unspecified atom stereocenters. The van der Waals surface area contributed by atoms with Crippen molar-refractivity contribution in [2.24, 2.45) is 0 Å². The Morgan fingerprint density at radius 3 is 2.50 bits per heavy atom. The number of hydrogen-bond donors (Lipinski definition) is 1. The van der Waals surface area contributed by atoms with E-state index in [1.807, 2.05) is 55.5 Å². The van der Waals surface area contributed by atoms with E-state index in [0.29, 0.717) is 5.82 Å². The van der Waals surface area contributed by atoms with Crippen LogP contribution in [0.3, 0.4) is 0 Å². The highest BCUT2D eigenvalue weighted by atomic mass is 16.1. The second-order valence-corrected chi connectivity index (χ2v) is 4.63. The summed E-state index contributed by atoms with van der Waals surface area (Å²) in [6.45, 7) is 1.99. The van der Waals surface area contributed by atoms with E-state index in [2.05, 4.69) is 10.3 Å². The molecule has 1 aromatic heterocycles. The van der Waals surface area contributed by atoms with Crippen LogP contribution in [0.2, 0.25) is 0 Å². The van der Waals surface area contributed by atoms with Crippen LogP contribution in [0.25, 0.3) is 16.6 Å². The first-order valence-electron chi connectivity index (χ1n) is 6.48. The zero-order valence-corrected chi connectivity index (χ0v) is 11.4. The minimum Gasteiger partial charge on any atom is -0.372 e. The van der Waals surface area contributed by atoms with Gasteiger partial charge in [-0.1, -0.05) is 30.3 Å². The van der Waals surface area contributed by atoms with E-state index < -0.39 is 0 Å². The molecule has 0 atom stereocenters. The summed E-state index contributed by atoms with van der Waals surface area (Å²) < 4.78 is 1.66. The number of hydrogen-bond acceptors (Lipinski definition) is 3. The van der Waals surface area contributed by atoms with Gasteiger partial charge in [-0.05, 0) is 30.7 Å². The standard InChI is InChI=1S/C16H15N3O/c1-11-7-3-5-9-13(11)19-14-10-6-4-8-12(14)15(17-2)18-16(19)20/h3-10H,1-2H3,(H,17,18,20). The monoisotopic (exact) mass is 265 g/mol. The molecular weight excluding hydrogens is 250 g/mol. The molecule has 2 aromatic carbocycles. The Hall–Kier alpha value is -2.62. The predicted octanol–water partition coefficient (Wildman–Crippen LogP) is 2.74. The lowest BCUT2D eigenvalue weighted by atomic mass is 10.1. The minimum atomic E-state index is -0.276. The average molecular weight is 265 g/mol. The maximum Gasteiger partial charge on any atom is 0.354 e. The van der Waals surface area contributed by atoms with Gasteiger partial charge in [-0.2, -0.15) is 4.98 Å². The zero-order chi connectivity index (χ0) is 14.1. The van der Waals surface area contributed by atoms with Crippen molar-refractivity contribution < 1.29 is 0 Å². The average Bonchev–Trinajstić information content (AvgIpc) is 2.48. The van der Waals surface area contributed by atoms with E-state index in [-0.39, 0.29) is 5.69 Å². The summed E-state index contributed by atoms with van der Waals surface area (Å²) in [6.07, 6.45) is 0. The molecule has 0 aliphatic heterocycles. The Morgan fingerprint density at radius 1 is 1.05 bits per heavy atom. The molecule has 20 heavy (non-hydrogen) atoms. The van der Waals surface area contributed by atoms with Gasteiger partial charge in [-0.15, -0.1) is 0 Å². The summed E-state index contributed by atoms with van der Waals surface area (Å²) in [5, 5.41) is 3.91. The van der Waals surface area contributed by atoms with Gasteiger partial charge in [-0.25, -0.2) is 4.79 Å². The van der Waals surface area contributed by atoms with Crippen LogP contribution in [-0.4, -0.2) is 16.6 Å². The van der Waals surface area contributed by atoms with Crippen LogP contribution in [0.5, 0.6) is 0 Å². The Balaban J connectivity index is 2.46. The number of fused-ring (bicyclic) bond motifs is 1. The molecule has 0 saturated carbocycles. The fourth-order valence-corrected chi connectivity index (χ4v) is 2.42. The highest BCUT2D eigenvalue weighted by molar-refractivity contribution is 5.90. The number of anilines is 1. The smallest absolute Gasteiger partial charge is 0.354 e. The molecule has 0 aliphatic rings. The highest BCUT2D eigenvalue weighted by Gasteiger charge is 2.11. The van der Waals surface area contributed by atoms with Crippen molar-refractivity contribution in [3.63, 3.8) is 0 Å². The van der Waals surface area contributed by atoms with Gasteiger partial charge in [0.05, 0.1) is 11.2 Å². The molecule has 3 rings (SSSR count). The summed E-state index contributed by atoms with van der Waals surface area (Å²) >= 11 is 0. The van der Waals surface area contributed by atoms with E-state index in [4.69, 9.17) is 0 Å². The van der Waals surface area contributed by atoms with Crippen molar-refractivity contribution in [2.75, 3.05) is 12.4 Å². The van der Waals surface area contributed by atoms with Gasteiger partial charge < -0.3 is 5.32 Å². The van der Waals surface area contributed by atoms with Crippen LogP contribution in [-0.2, 0) is 0 Å². The van der Waals surface area contributed by atoms with Crippen molar-refractivity contribution in [1.82, 2.24) is 9.55 Å². The number of para-hydroxylation sites is 2. The summed E-state index contributed by atoms with van der Waals surface area (Å²) in [5.74, 6) is 0.607. The summed E-state index contributed by atoms with van der Waals surface area (Å²) in [7, 11) is 1.77. The van der Waals surface area contributed by atoms with E-state index >= 15 is 0 Å². The van der Waals surface area contributed by atoms with E-state index in [1.165, 1.54) is 0 Å². The van der Waals surface area contributed by atoms with Crippen LogP contribution in [0.15, 0.2) is 53.3 Å². The quantitative estimate of drug-likeness (QED) is 0.775. The number of nitrogens with zero attached hydrogens (tertiary/aromatic N) is 2. The minimum absolute atomic E-state index is 0.276. The Bertz CT molecular complexity index is 836. The molecule has 0 radical (unpaired) electrons. The van der Waals surface area contributed by atoms with Crippen LogP contribution in [0.1, 0.15) is 5.56 Å². The molecule has 0 fully saturated rings. The molecule has 0 saturated heterocycles. The molecule has 0 spiro atoms. The van der Waals surface area contributed by atoms with E-state index in [9.17, 15) is 4.79 Å². The van der Waals surface area contributed by atoms with Crippen LogP contribution < -0.4 is 11.0 Å². The first-order chi connectivity index (χ1) is 9.72. The van der Waals surface area contributed by atoms with Gasteiger partial charge in [0.25, 0.3) is 0 Å². The lowest BCUT2D eigenvalue weighted by Gasteiger charge is -2.14. The molecule has 1 heterocycles. The molecule has 4 nitrogen and oxygen atoms in total. The van der Waals surface area contributed by atoms with Crippen molar-refractivity contribution in [3.8, 4) is 5.69 Å². The molecule has 3 aromatic rings. The van der Waals surface area contributed by atoms with Gasteiger partial charge in [0.1, 0.15) is 5.82 Å². The fraction of sp³-hybridized carbons (Fsp3) is 0.125. The molecular formula is C16H15N3O. The summed E-state index contributed by atoms with van der Waals surface area (Å²) in [4.78, 5) is 16.5. The predicted molar refractivity (Wildman–Crippen MR) is 81.6 cm³/mol. The van der Waals surface area contributed by atoms with Gasteiger partial charge in [0.15, 0.2) is 0 Å². The molecule has 0 amide bonds. The number of rotatable bonds is 2. The normalized spacial score (nSPS) is 10.7. The summed E-state index contributed by atoms with van der Waals surface area (Å²) in [5.41, 5.74) is 2.48. The van der Waals surface area contributed by atoms with E-state index in [1.54, 1.807) is 11.6 Å². The maximum atomic E-state index is 12.4. The third kappa shape index (κ3) is 1.86. The Labute approximate surface area is 116 Å². The number of aromatic nitrogens is 2. The second kappa shape index (κ2) is 4.81. The van der Waals surface area contributed by atoms with Crippen LogP contribution in [0.4, 0.5) is 5.82 Å². The first kappa shape index (κ1) is 12.4. The van der Waals surface area contributed by atoms with E-state index in [0.717, 1.165) is 22.2 Å². The fourth-order valence-electron chi connectivity index (χ4n) is 2.42.